The van der Waals surface area contributed by atoms with E-state index in [4.69, 9.17) is 4.74 Å². The summed E-state index contributed by atoms with van der Waals surface area (Å²) in [6, 6.07) is 2.04. The van der Waals surface area contributed by atoms with E-state index in [1.54, 1.807) is 0 Å². The Labute approximate surface area is 109 Å². The number of nitrogens with zero attached hydrogens (tertiary/aromatic N) is 2. The van der Waals surface area contributed by atoms with Crippen molar-refractivity contribution in [2.24, 2.45) is 0 Å². The number of aryl methyl sites for hydroxylation is 1. The Morgan fingerprint density at radius 3 is 2.83 bits per heavy atom. The highest BCUT2D eigenvalue weighted by Crippen LogP contribution is 2.34. The topological polar surface area (TPSA) is 47.0 Å². The van der Waals surface area contributed by atoms with Gasteiger partial charge >= 0.3 is 0 Å². The van der Waals surface area contributed by atoms with Gasteiger partial charge in [0.25, 0.3) is 0 Å². The van der Waals surface area contributed by atoms with Crippen LogP contribution in [0.5, 0.6) is 0 Å². The molecule has 1 aliphatic rings. The van der Waals surface area contributed by atoms with Gasteiger partial charge < -0.3 is 10.1 Å². The molecule has 1 fully saturated rings. The molecule has 100 valence electrons. The van der Waals surface area contributed by atoms with Gasteiger partial charge in [0.05, 0.1) is 0 Å². The molecule has 0 aromatic carbocycles. The van der Waals surface area contributed by atoms with Crippen molar-refractivity contribution in [3.8, 4) is 0 Å². The van der Waals surface area contributed by atoms with Crippen molar-refractivity contribution in [3.05, 3.63) is 17.6 Å². The lowest BCUT2D eigenvalue weighted by molar-refractivity contribution is 0.00927. The fourth-order valence-corrected chi connectivity index (χ4v) is 2.21. The lowest BCUT2D eigenvalue weighted by Gasteiger charge is -2.22. The summed E-state index contributed by atoms with van der Waals surface area (Å²) in [7, 11) is 0. The van der Waals surface area contributed by atoms with Crippen LogP contribution in [0.2, 0.25) is 0 Å². The maximum absolute atomic E-state index is 5.83. The molecule has 1 aromatic rings. The van der Waals surface area contributed by atoms with E-state index in [-0.39, 0.29) is 5.60 Å². The Hall–Kier alpha value is -1.16. The first-order valence-electron chi connectivity index (χ1n) is 6.94. The van der Waals surface area contributed by atoms with E-state index < -0.39 is 0 Å². The third kappa shape index (κ3) is 2.80. The first kappa shape index (κ1) is 13.3. The summed E-state index contributed by atoms with van der Waals surface area (Å²) in [5, 5.41) is 3.34. The minimum atomic E-state index is -0.298. The number of anilines is 1. The average molecular weight is 249 g/mol. The van der Waals surface area contributed by atoms with Gasteiger partial charge in [-0.25, -0.2) is 9.97 Å². The molecule has 1 N–H and O–H groups in total. The molecule has 0 radical (unpaired) electrons. The molecular formula is C14H23N3O. The maximum Gasteiger partial charge on any atom is 0.162 e. The highest BCUT2D eigenvalue weighted by molar-refractivity contribution is 5.37. The molecule has 2 heterocycles. The van der Waals surface area contributed by atoms with Crippen molar-refractivity contribution in [2.45, 2.75) is 52.1 Å². The highest BCUT2D eigenvalue weighted by Gasteiger charge is 2.35. The largest absolute Gasteiger partial charge is 0.370 e. The fraction of sp³-hybridized carbons (Fsp3) is 0.714. The van der Waals surface area contributed by atoms with Crippen molar-refractivity contribution in [1.82, 2.24) is 9.97 Å². The Morgan fingerprint density at radius 2 is 2.22 bits per heavy atom. The normalized spacial score (nSPS) is 23.3. The number of hydrogen-bond acceptors (Lipinski definition) is 4. The van der Waals surface area contributed by atoms with Gasteiger partial charge in [-0.15, -0.1) is 0 Å². The molecule has 0 saturated carbocycles. The standard InChI is InChI=1S/C14H23N3O/c1-4-8-15-12-10-11(5-2)16-13(17-12)14(3)7-6-9-18-14/h10H,4-9H2,1-3H3,(H,15,16,17). The first-order chi connectivity index (χ1) is 8.68. The van der Waals surface area contributed by atoms with Gasteiger partial charge in [0.15, 0.2) is 5.82 Å². The summed E-state index contributed by atoms with van der Waals surface area (Å²) in [6.07, 6.45) is 4.11. The third-order valence-electron chi connectivity index (χ3n) is 3.39. The second-order valence-electron chi connectivity index (χ2n) is 5.03. The van der Waals surface area contributed by atoms with E-state index in [1.165, 1.54) is 0 Å². The van der Waals surface area contributed by atoms with Crippen molar-refractivity contribution in [3.63, 3.8) is 0 Å². The molecule has 0 bridgehead atoms. The molecule has 2 rings (SSSR count). The summed E-state index contributed by atoms with van der Waals surface area (Å²) in [4.78, 5) is 9.26. The number of hydrogen-bond donors (Lipinski definition) is 1. The van der Waals surface area contributed by atoms with Gasteiger partial charge in [-0.2, -0.15) is 0 Å². The van der Waals surface area contributed by atoms with E-state index >= 15 is 0 Å². The van der Waals surface area contributed by atoms with Crippen LogP contribution in [-0.4, -0.2) is 23.1 Å². The van der Waals surface area contributed by atoms with E-state index in [9.17, 15) is 0 Å². The molecule has 1 saturated heterocycles. The highest BCUT2D eigenvalue weighted by atomic mass is 16.5. The minimum Gasteiger partial charge on any atom is -0.370 e. The van der Waals surface area contributed by atoms with Crippen LogP contribution in [0.1, 0.15) is 51.6 Å². The van der Waals surface area contributed by atoms with Crippen LogP contribution in [0.3, 0.4) is 0 Å². The van der Waals surface area contributed by atoms with Crippen LogP contribution >= 0.6 is 0 Å². The predicted molar refractivity (Wildman–Crippen MR) is 72.7 cm³/mol. The SMILES string of the molecule is CCCNc1cc(CC)nc(C2(C)CCCO2)n1. The van der Waals surface area contributed by atoms with Crippen LogP contribution < -0.4 is 5.32 Å². The summed E-state index contributed by atoms with van der Waals surface area (Å²) in [5.74, 6) is 1.76. The van der Waals surface area contributed by atoms with Crippen LogP contribution in [-0.2, 0) is 16.8 Å². The number of ether oxygens (including phenoxy) is 1. The van der Waals surface area contributed by atoms with Crippen molar-refractivity contribution < 1.29 is 4.74 Å². The molecule has 0 aliphatic carbocycles. The van der Waals surface area contributed by atoms with Gasteiger partial charge in [0.1, 0.15) is 11.4 Å². The molecule has 4 heteroatoms. The van der Waals surface area contributed by atoms with Crippen LogP contribution in [0.25, 0.3) is 0 Å². The number of rotatable bonds is 5. The zero-order valence-corrected chi connectivity index (χ0v) is 11.6. The molecule has 1 aromatic heterocycles. The Balaban J connectivity index is 2.28. The monoisotopic (exact) mass is 249 g/mol. The third-order valence-corrected chi connectivity index (χ3v) is 3.39. The van der Waals surface area contributed by atoms with Gasteiger partial charge in [-0.1, -0.05) is 13.8 Å². The summed E-state index contributed by atoms with van der Waals surface area (Å²) >= 11 is 0. The van der Waals surface area contributed by atoms with Crippen LogP contribution in [0, 0.1) is 0 Å². The lowest BCUT2D eigenvalue weighted by Crippen LogP contribution is -2.24. The number of aromatic nitrogens is 2. The summed E-state index contributed by atoms with van der Waals surface area (Å²) in [6.45, 7) is 8.12. The average Bonchev–Trinajstić information content (AvgIpc) is 2.84. The molecule has 0 spiro atoms. The van der Waals surface area contributed by atoms with Crippen molar-refractivity contribution in [2.75, 3.05) is 18.5 Å². The summed E-state index contributed by atoms with van der Waals surface area (Å²) in [5.41, 5.74) is 0.781. The predicted octanol–water partition coefficient (Wildman–Crippen LogP) is 2.89. The molecule has 18 heavy (non-hydrogen) atoms. The van der Waals surface area contributed by atoms with Gasteiger partial charge in [0.2, 0.25) is 0 Å². The quantitative estimate of drug-likeness (QED) is 0.871. The smallest absolute Gasteiger partial charge is 0.162 e. The molecule has 0 amide bonds. The van der Waals surface area contributed by atoms with Gasteiger partial charge in [-0.3, -0.25) is 0 Å². The Kier molecular flexibility index (Phi) is 4.17. The van der Waals surface area contributed by atoms with E-state index in [0.29, 0.717) is 0 Å². The fourth-order valence-electron chi connectivity index (χ4n) is 2.21. The van der Waals surface area contributed by atoms with E-state index in [0.717, 1.165) is 56.2 Å². The molecule has 1 aliphatic heterocycles. The van der Waals surface area contributed by atoms with E-state index in [1.807, 2.05) is 6.07 Å². The zero-order valence-electron chi connectivity index (χ0n) is 11.6. The Morgan fingerprint density at radius 1 is 1.39 bits per heavy atom. The molecular weight excluding hydrogens is 226 g/mol. The molecule has 1 atom stereocenters. The second-order valence-corrected chi connectivity index (χ2v) is 5.03. The van der Waals surface area contributed by atoms with Crippen LogP contribution in [0.4, 0.5) is 5.82 Å². The second kappa shape index (κ2) is 5.65. The minimum absolute atomic E-state index is 0.298. The summed E-state index contributed by atoms with van der Waals surface area (Å²) < 4.78 is 5.83. The molecule has 4 nitrogen and oxygen atoms in total. The van der Waals surface area contributed by atoms with Crippen molar-refractivity contribution in [1.29, 1.82) is 0 Å². The first-order valence-corrected chi connectivity index (χ1v) is 6.94. The number of nitrogens with one attached hydrogen (secondary N) is 1. The zero-order chi connectivity index (χ0) is 13.0. The lowest BCUT2D eigenvalue weighted by atomic mass is 10.0. The Bertz CT molecular complexity index is 400. The van der Waals surface area contributed by atoms with Gasteiger partial charge in [-0.05, 0) is 32.6 Å². The van der Waals surface area contributed by atoms with E-state index in [2.05, 4.69) is 36.1 Å². The molecule has 1 unspecified atom stereocenters. The van der Waals surface area contributed by atoms with Crippen LogP contribution in [0.15, 0.2) is 6.07 Å². The maximum atomic E-state index is 5.83. The van der Waals surface area contributed by atoms with Gasteiger partial charge in [0, 0.05) is 24.9 Å². The van der Waals surface area contributed by atoms with Crippen molar-refractivity contribution >= 4 is 5.82 Å².